The average Bonchev–Trinajstić information content (AvgIpc) is 2.52. The molecule has 0 saturated carbocycles. The first-order valence-electron chi connectivity index (χ1n) is 8.81. The number of piperidine rings is 1. The SMILES string of the molecule is CC(C)(C)OC(=O)NC1CCN(c2ccc(CCCO)cc2)CC1. The summed E-state index contributed by atoms with van der Waals surface area (Å²) in [7, 11) is 0. The number of anilines is 1. The zero-order valence-electron chi connectivity index (χ0n) is 15.0. The Labute approximate surface area is 145 Å². The van der Waals surface area contributed by atoms with E-state index in [0.29, 0.717) is 0 Å². The van der Waals surface area contributed by atoms with Crippen LogP contribution in [0.25, 0.3) is 0 Å². The Bertz CT molecular complexity index is 514. The molecule has 1 saturated heterocycles. The predicted molar refractivity (Wildman–Crippen MR) is 96.5 cm³/mol. The molecule has 1 aliphatic heterocycles. The van der Waals surface area contributed by atoms with Crippen molar-refractivity contribution in [1.82, 2.24) is 5.32 Å². The number of aryl methyl sites for hydroxylation is 1. The molecule has 1 heterocycles. The van der Waals surface area contributed by atoms with E-state index < -0.39 is 5.60 Å². The molecular weight excluding hydrogens is 304 g/mol. The summed E-state index contributed by atoms with van der Waals surface area (Å²) >= 11 is 0. The van der Waals surface area contributed by atoms with Crippen molar-refractivity contribution < 1.29 is 14.6 Å². The van der Waals surface area contributed by atoms with Gasteiger partial charge >= 0.3 is 6.09 Å². The molecule has 2 N–H and O–H groups in total. The van der Waals surface area contributed by atoms with Crippen molar-refractivity contribution in [3.63, 3.8) is 0 Å². The first-order chi connectivity index (χ1) is 11.4. The van der Waals surface area contributed by atoms with Crippen LogP contribution in [-0.2, 0) is 11.2 Å². The topological polar surface area (TPSA) is 61.8 Å². The number of hydrogen-bond donors (Lipinski definition) is 2. The van der Waals surface area contributed by atoms with Gasteiger partial charge in [-0.2, -0.15) is 0 Å². The Hall–Kier alpha value is -1.75. The average molecular weight is 334 g/mol. The number of ether oxygens (including phenoxy) is 1. The summed E-state index contributed by atoms with van der Waals surface area (Å²) < 4.78 is 5.32. The van der Waals surface area contributed by atoms with Crippen LogP contribution in [-0.4, -0.2) is 42.5 Å². The monoisotopic (exact) mass is 334 g/mol. The maximum absolute atomic E-state index is 11.8. The summed E-state index contributed by atoms with van der Waals surface area (Å²) in [5.74, 6) is 0. The van der Waals surface area contributed by atoms with Gasteiger partial charge in [0.15, 0.2) is 0 Å². The Balaban J connectivity index is 1.79. The number of benzene rings is 1. The Kier molecular flexibility index (Phi) is 6.49. The van der Waals surface area contributed by atoms with Crippen molar-refractivity contribution >= 4 is 11.8 Å². The van der Waals surface area contributed by atoms with Crippen LogP contribution in [0.15, 0.2) is 24.3 Å². The summed E-state index contributed by atoms with van der Waals surface area (Å²) in [6.45, 7) is 7.71. The second-order valence-corrected chi connectivity index (χ2v) is 7.40. The molecule has 2 rings (SSSR count). The molecule has 0 atom stereocenters. The van der Waals surface area contributed by atoms with Gasteiger partial charge in [0.05, 0.1) is 0 Å². The maximum Gasteiger partial charge on any atom is 0.407 e. The van der Waals surface area contributed by atoms with E-state index in [2.05, 4.69) is 34.5 Å². The number of rotatable bonds is 5. The summed E-state index contributed by atoms with van der Waals surface area (Å²) in [6, 6.07) is 8.74. The van der Waals surface area contributed by atoms with Gasteiger partial charge in [0.1, 0.15) is 5.60 Å². The normalized spacial score (nSPS) is 16.1. The Morgan fingerprint density at radius 3 is 2.42 bits per heavy atom. The van der Waals surface area contributed by atoms with Crippen molar-refractivity contribution in [3.05, 3.63) is 29.8 Å². The van der Waals surface area contributed by atoms with Crippen molar-refractivity contribution in [2.75, 3.05) is 24.6 Å². The summed E-state index contributed by atoms with van der Waals surface area (Å²) in [4.78, 5) is 14.2. The first-order valence-corrected chi connectivity index (χ1v) is 8.81. The number of carbonyl (C=O) groups is 1. The molecule has 5 nitrogen and oxygen atoms in total. The summed E-state index contributed by atoms with van der Waals surface area (Å²) in [5.41, 5.74) is 2.02. The van der Waals surface area contributed by atoms with Gasteiger partial charge in [-0.25, -0.2) is 4.79 Å². The molecule has 1 amide bonds. The largest absolute Gasteiger partial charge is 0.444 e. The van der Waals surface area contributed by atoms with Crippen molar-refractivity contribution in [2.24, 2.45) is 0 Å². The Morgan fingerprint density at radius 2 is 1.88 bits per heavy atom. The van der Waals surface area contributed by atoms with Crippen LogP contribution < -0.4 is 10.2 Å². The van der Waals surface area contributed by atoms with E-state index in [4.69, 9.17) is 9.84 Å². The van der Waals surface area contributed by atoms with E-state index >= 15 is 0 Å². The van der Waals surface area contributed by atoms with E-state index in [1.165, 1.54) is 11.3 Å². The lowest BCUT2D eigenvalue weighted by molar-refractivity contribution is 0.0497. The molecule has 24 heavy (non-hydrogen) atoms. The van der Waals surface area contributed by atoms with Crippen LogP contribution in [0.1, 0.15) is 45.6 Å². The third kappa shape index (κ3) is 6.04. The predicted octanol–water partition coefficient (Wildman–Crippen LogP) is 3.11. The molecule has 0 unspecified atom stereocenters. The van der Waals surface area contributed by atoms with Gasteiger partial charge in [0.25, 0.3) is 0 Å². The molecule has 1 aromatic rings. The third-order valence-corrected chi connectivity index (χ3v) is 4.14. The molecule has 5 heteroatoms. The van der Waals surface area contributed by atoms with Gasteiger partial charge in [-0.3, -0.25) is 0 Å². The third-order valence-electron chi connectivity index (χ3n) is 4.14. The number of alkyl carbamates (subject to hydrolysis) is 1. The molecule has 134 valence electrons. The highest BCUT2D eigenvalue weighted by atomic mass is 16.6. The van der Waals surface area contributed by atoms with E-state index in [-0.39, 0.29) is 18.7 Å². The maximum atomic E-state index is 11.8. The van der Waals surface area contributed by atoms with Crippen LogP contribution in [0.4, 0.5) is 10.5 Å². The van der Waals surface area contributed by atoms with Crippen molar-refractivity contribution in [3.8, 4) is 0 Å². The molecule has 1 aliphatic rings. The van der Waals surface area contributed by atoms with E-state index in [1.54, 1.807) is 0 Å². The number of nitrogens with one attached hydrogen (secondary N) is 1. The zero-order chi connectivity index (χ0) is 17.6. The minimum Gasteiger partial charge on any atom is -0.444 e. The first kappa shape index (κ1) is 18.6. The minimum absolute atomic E-state index is 0.180. The van der Waals surface area contributed by atoms with Crippen molar-refractivity contribution in [2.45, 2.75) is 58.1 Å². The lowest BCUT2D eigenvalue weighted by Crippen LogP contribution is -2.46. The lowest BCUT2D eigenvalue weighted by atomic mass is 10.0. The number of carbonyl (C=O) groups excluding carboxylic acids is 1. The Morgan fingerprint density at radius 1 is 1.25 bits per heavy atom. The summed E-state index contributed by atoms with van der Waals surface area (Å²) in [5, 5.41) is 11.9. The minimum atomic E-state index is -0.456. The van der Waals surface area contributed by atoms with Gasteiger partial charge in [0.2, 0.25) is 0 Å². The van der Waals surface area contributed by atoms with Crippen LogP contribution in [0, 0.1) is 0 Å². The zero-order valence-corrected chi connectivity index (χ0v) is 15.0. The van der Waals surface area contributed by atoms with Gasteiger partial charge in [-0.15, -0.1) is 0 Å². The second-order valence-electron chi connectivity index (χ2n) is 7.40. The number of aliphatic hydroxyl groups is 1. The van der Waals surface area contributed by atoms with Crippen LogP contribution in [0.5, 0.6) is 0 Å². The molecule has 0 aliphatic carbocycles. The highest BCUT2D eigenvalue weighted by Crippen LogP contribution is 2.21. The van der Waals surface area contributed by atoms with E-state index in [9.17, 15) is 4.79 Å². The highest BCUT2D eigenvalue weighted by Gasteiger charge is 2.23. The van der Waals surface area contributed by atoms with Crippen LogP contribution in [0.2, 0.25) is 0 Å². The van der Waals surface area contributed by atoms with E-state index in [0.717, 1.165) is 38.8 Å². The van der Waals surface area contributed by atoms with Gasteiger partial charge in [-0.1, -0.05) is 12.1 Å². The van der Waals surface area contributed by atoms with Gasteiger partial charge < -0.3 is 20.1 Å². The second kappa shape index (κ2) is 8.38. The van der Waals surface area contributed by atoms with Crippen LogP contribution >= 0.6 is 0 Å². The number of nitrogens with zero attached hydrogens (tertiary/aromatic N) is 1. The van der Waals surface area contributed by atoms with E-state index in [1.807, 2.05) is 20.8 Å². The smallest absolute Gasteiger partial charge is 0.407 e. The quantitative estimate of drug-likeness (QED) is 0.868. The highest BCUT2D eigenvalue weighted by molar-refractivity contribution is 5.68. The fourth-order valence-corrected chi connectivity index (χ4v) is 2.91. The molecule has 1 aromatic carbocycles. The van der Waals surface area contributed by atoms with Gasteiger partial charge in [0, 0.05) is 31.4 Å². The lowest BCUT2D eigenvalue weighted by Gasteiger charge is -2.34. The molecule has 0 radical (unpaired) electrons. The van der Waals surface area contributed by atoms with Crippen LogP contribution in [0.3, 0.4) is 0 Å². The number of amides is 1. The standard InChI is InChI=1S/C19H30N2O3/c1-19(2,3)24-18(23)20-16-10-12-21(13-11-16)17-8-6-15(7-9-17)5-4-14-22/h6-9,16,22H,4-5,10-14H2,1-3H3,(H,20,23). The van der Waals surface area contributed by atoms with Crippen molar-refractivity contribution in [1.29, 1.82) is 0 Å². The fraction of sp³-hybridized carbons (Fsp3) is 0.632. The molecule has 0 spiro atoms. The molecule has 0 aromatic heterocycles. The molecular formula is C19H30N2O3. The fourth-order valence-electron chi connectivity index (χ4n) is 2.91. The molecule has 1 fully saturated rings. The molecule has 0 bridgehead atoms. The van der Waals surface area contributed by atoms with Gasteiger partial charge in [-0.05, 0) is 64.2 Å². The number of aliphatic hydroxyl groups excluding tert-OH is 1. The summed E-state index contributed by atoms with van der Waals surface area (Å²) in [6.07, 6.45) is 3.24. The number of hydrogen-bond acceptors (Lipinski definition) is 4.